The third-order valence-corrected chi connectivity index (χ3v) is 2.26. The molecule has 0 saturated heterocycles. The molecule has 0 amide bonds. The average molecular weight is 209 g/mol. The maximum Gasteiger partial charge on any atom is 0.354 e. The lowest BCUT2D eigenvalue weighted by molar-refractivity contribution is 0.0513. The Kier molecular flexibility index (Phi) is 4.40. The molecule has 0 N–H and O–H groups in total. The van der Waals surface area contributed by atoms with Gasteiger partial charge in [-0.25, -0.2) is 4.79 Å². The van der Waals surface area contributed by atoms with Crippen LogP contribution in [0.25, 0.3) is 0 Å². The summed E-state index contributed by atoms with van der Waals surface area (Å²) in [4.78, 5) is 11.5. The van der Waals surface area contributed by atoms with Gasteiger partial charge in [-0.2, -0.15) is 0 Å². The van der Waals surface area contributed by atoms with E-state index in [-0.39, 0.29) is 5.97 Å². The molecular formula is C12H19NO2. The van der Waals surface area contributed by atoms with Gasteiger partial charge in [0.1, 0.15) is 5.69 Å². The summed E-state index contributed by atoms with van der Waals surface area (Å²) in [7, 11) is 0. The first-order chi connectivity index (χ1) is 7.15. The van der Waals surface area contributed by atoms with Crippen molar-refractivity contribution in [3.63, 3.8) is 0 Å². The molecule has 3 heteroatoms. The summed E-state index contributed by atoms with van der Waals surface area (Å²) >= 11 is 0. The van der Waals surface area contributed by atoms with Crippen LogP contribution < -0.4 is 0 Å². The highest BCUT2D eigenvalue weighted by Crippen LogP contribution is 2.08. The lowest BCUT2D eigenvalue weighted by Gasteiger charge is -2.09. The number of esters is 1. The maximum absolute atomic E-state index is 11.5. The lowest BCUT2D eigenvalue weighted by Crippen LogP contribution is -2.12. The molecule has 0 aliphatic rings. The number of ether oxygens (including phenoxy) is 1. The quantitative estimate of drug-likeness (QED) is 0.698. The fourth-order valence-electron chi connectivity index (χ4n) is 1.40. The Balaban J connectivity index is 2.64. The van der Waals surface area contributed by atoms with Gasteiger partial charge in [-0.3, -0.25) is 0 Å². The monoisotopic (exact) mass is 209 g/mol. The van der Waals surface area contributed by atoms with Gasteiger partial charge in [0, 0.05) is 12.7 Å². The minimum absolute atomic E-state index is 0.230. The summed E-state index contributed by atoms with van der Waals surface area (Å²) in [6.07, 6.45) is 3.00. The molecule has 0 aromatic carbocycles. The molecule has 0 aliphatic carbocycles. The van der Waals surface area contributed by atoms with Gasteiger partial charge >= 0.3 is 5.97 Å². The Morgan fingerprint density at radius 1 is 1.53 bits per heavy atom. The lowest BCUT2D eigenvalue weighted by atomic mass is 10.1. The summed E-state index contributed by atoms with van der Waals surface area (Å²) < 4.78 is 6.93. The van der Waals surface area contributed by atoms with Crippen molar-refractivity contribution in [1.82, 2.24) is 4.57 Å². The largest absolute Gasteiger partial charge is 0.461 e. The van der Waals surface area contributed by atoms with E-state index >= 15 is 0 Å². The average Bonchev–Trinajstić information content (AvgIpc) is 2.62. The molecule has 84 valence electrons. The van der Waals surface area contributed by atoms with E-state index in [0.717, 1.165) is 13.0 Å². The standard InChI is InChI=1S/C12H19NO2/c1-4-15-12(14)11-6-5-8-13(11)9-7-10(2)3/h5-6,8,10H,4,7,9H2,1-3H3. The van der Waals surface area contributed by atoms with Crippen LogP contribution in [0.1, 0.15) is 37.7 Å². The molecule has 1 heterocycles. The number of carbonyl (C=O) groups is 1. The molecule has 0 fully saturated rings. The van der Waals surface area contributed by atoms with Gasteiger partial charge in [-0.05, 0) is 31.4 Å². The van der Waals surface area contributed by atoms with Crippen LogP contribution in [0.2, 0.25) is 0 Å². The smallest absolute Gasteiger partial charge is 0.354 e. The first-order valence-electron chi connectivity index (χ1n) is 5.47. The third-order valence-electron chi connectivity index (χ3n) is 2.26. The number of aryl methyl sites for hydroxylation is 1. The van der Waals surface area contributed by atoms with Crippen molar-refractivity contribution in [3.05, 3.63) is 24.0 Å². The number of hydrogen-bond donors (Lipinski definition) is 0. The molecule has 1 aromatic heterocycles. The van der Waals surface area contributed by atoms with Crippen LogP contribution >= 0.6 is 0 Å². The van der Waals surface area contributed by atoms with Crippen LogP contribution in [0.5, 0.6) is 0 Å². The molecule has 1 rings (SSSR count). The number of nitrogens with zero attached hydrogens (tertiary/aromatic N) is 1. The highest BCUT2D eigenvalue weighted by atomic mass is 16.5. The van der Waals surface area contributed by atoms with Gasteiger partial charge < -0.3 is 9.30 Å². The minimum Gasteiger partial charge on any atom is -0.461 e. The van der Waals surface area contributed by atoms with Gasteiger partial charge in [0.05, 0.1) is 6.61 Å². The molecule has 3 nitrogen and oxygen atoms in total. The van der Waals surface area contributed by atoms with E-state index in [2.05, 4.69) is 13.8 Å². The zero-order valence-electron chi connectivity index (χ0n) is 9.69. The summed E-state index contributed by atoms with van der Waals surface area (Å²) in [5.41, 5.74) is 0.650. The zero-order valence-corrected chi connectivity index (χ0v) is 9.69. The fourth-order valence-corrected chi connectivity index (χ4v) is 1.40. The summed E-state index contributed by atoms with van der Waals surface area (Å²) in [5.74, 6) is 0.411. The van der Waals surface area contributed by atoms with E-state index < -0.39 is 0 Å². The summed E-state index contributed by atoms with van der Waals surface area (Å²) in [6.45, 7) is 7.47. The summed E-state index contributed by atoms with van der Waals surface area (Å²) in [5, 5.41) is 0. The molecule has 0 unspecified atom stereocenters. The molecule has 0 aliphatic heterocycles. The van der Waals surface area contributed by atoms with Gasteiger partial charge in [0.2, 0.25) is 0 Å². The van der Waals surface area contributed by atoms with Crippen LogP contribution in [0.15, 0.2) is 18.3 Å². The zero-order chi connectivity index (χ0) is 11.3. The molecule has 1 aromatic rings. The van der Waals surface area contributed by atoms with Crippen LogP contribution in [-0.4, -0.2) is 17.1 Å². The fraction of sp³-hybridized carbons (Fsp3) is 0.583. The third kappa shape index (κ3) is 3.42. The summed E-state index contributed by atoms with van der Waals surface area (Å²) in [6, 6.07) is 3.69. The molecule has 15 heavy (non-hydrogen) atoms. The Morgan fingerprint density at radius 3 is 2.87 bits per heavy atom. The first kappa shape index (κ1) is 11.8. The Bertz CT molecular complexity index is 315. The van der Waals surface area contributed by atoms with E-state index in [1.54, 1.807) is 6.07 Å². The second-order valence-electron chi connectivity index (χ2n) is 3.99. The Hall–Kier alpha value is -1.25. The number of aromatic nitrogens is 1. The number of carbonyl (C=O) groups excluding carboxylic acids is 1. The normalized spacial score (nSPS) is 10.7. The second-order valence-corrected chi connectivity index (χ2v) is 3.99. The van der Waals surface area contributed by atoms with E-state index in [0.29, 0.717) is 18.2 Å². The second kappa shape index (κ2) is 5.59. The Morgan fingerprint density at radius 2 is 2.27 bits per heavy atom. The van der Waals surface area contributed by atoms with Crippen molar-refractivity contribution < 1.29 is 9.53 Å². The molecule has 0 spiro atoms. The molecule has 0 radical (unpaired) electrons. The van der Waals surface area contributed by atoms with Crippen molar-refractivity contribution in [1.29, 1.82) is 0 Å². The SMILES string of the molecule is CCOC(=O)c1cccn1CCC(C)C. The topological polar surface area (TPSA) is 31.2 Å². The molecule has 0 bridgehead atoms. The highest BCUT2D eigenvalue weighted by molar-refractivity contribution is 5.87. The van der Waals surface area contributed by atoms with Gasteiger partial charge in [0.15, 0.2) is 0 Å². The van der Waals surface area contributed by atoms with E-state index in [1.807, 2.05) is 23.8 Å². The van der Waals surface area contributed by atoms with E-state index in [1.165, 1.54) is 0 Å². The number of rotatable bonds is 5. The van der Waals surface area contributed by atoms with Crippen LogP contribution in [0, 0.1) is 5.92 Å². The van der Waals surface area contributed by atoms with Crippen molar-refractivity contribution in [3.8, 4) is 0 Å². The molecular weight excluding hydrogens is 190 g/mol. The van der Waals surface area contributed by atoms with Crippen LogP contribution in [0.3, 0.4) is 0 Å². The van der Waals surface area contributed by atoms with Gasteiger partial charge in [-0.15, -0.1) is 0 Å². The highest BCUT2D eigenvalue weighted by Gasteiger charge is 2.11. The predicted octanol–water partition coefficient (Wildman–Crippen LogP) is 2.71. The van der Waals surface area contributed by atoms with E-state index in [9.17, 15) is 4.79 Å². The van der Waals surface area contributed by atoms with E-state index in [4.69, 9.17) is 4.74 Å². The molecule has 0 saturated carbocycles. The maximum atomic E-state index is 11.5. The van der Waals surface area contributed by atoms with Crippen molar-refractivity contribution >= 4 is 5.97 Å². The van der Waals surface area contributed by atoms with Crippen molar-refractivity contribution in [2.24, 2.45) is 5.92 Å². The number of hydrogen-bond acceptors (Lipinski definition) is 2. The van der Waals surface area contributed by atoms with Gasteiger partial charge in [0.25, 0.3) is 0 Å². The van der Waals surface area contributed by atoms with Crippen LogP contribution in [-0.2, 0) is 11.3 Å². The van der Waals surface area contributed by atoms with Crippen LogP contribution in [0.4, 0.5) is 0 Å². The van der Waals surface area contributed by atoms with Crippen molar-refractivity contribution in [2.75, 3.05) is 6.61 Å². The Labute approximate surface area is 91.0 Å². The first-order valence-corrected chi connectivity index (χ1v) is 5.47. The minimum atomic E-state index is -0.230. The predicted molar refractivity (Wildman–Crippen MR) is 59.8 cm³/mol. The van der Waals surface area contributed by atoms with Gasteiger partial charge in [-0.1, -0.05) is 13.8 Å². The molecule has 0 atom stereocenters. The van der Waals surface area contributed by atoms with Crippen molar-refractivity contribution in [2.45, 2.75) is 33.7 Å².